The summed E-state index contributed by atoms with van der Waals surface area (Å²) in [6.45, 7) is 6.78. The van der Waals surface area contributed by atoms with Gasteiger partial charge in [0.1, 0.15) is 0 Å². The van der Waals surface area contributed by atoms with E-state index in [0.717, 1.165) is 11.4 Å². The van der Waals surface area contributed by atoms with Crippen molar-refractivity contribution in [3.8, 4) is 0 Å². The second-order valence-corrected chi connectivity index (χ2v) is 4.91. The van der Waals surface area contributed by atoms with Crippen molar-refractivity contribution in [2.45, 2.75) is 38.6 Å². The van der Waals surface area contributed by atoms with Crippen molar-refractivity contribution in [1.82, 2.24) is 4.98 Å². The third kappa shape index (κ3) is 3.35. The molecule has 68 valence electrons. The molecule has 1 nitrogen and oxygen atoms in total. The number of hydrogen-bond donors (Lipinski definition) is 2. The van der Waals surface area contributed by atoms with E-state index in [2.05, 4.69) is 44.5 Å². The Morgan fingerprint density at radius 3 is 2.42 bits per heavy atom. The van der Waals surface area contributed by atoms with Crippen LogP contribution in [0.15, 0.2) is 17.2 Å². The average molecular weight is 183 g/mol. The number of rotatable bonds is 2. The maximum Gasteiger partial charge on any atom is 0.0692 e. The number of aromatic nitrogens is 1. The van der Waals surface area contributed by atoms with Crippen LogP contribution < -0.4 is 0 Å². The molecule has 0 spiro atoms. The van der Waals surface area contributed by atoms with Crippen LogP contribution in [-0.2, 0) is 6.42 Å². The molecule has 1 heterocycles. The van der Waals surface area contributed by atoms with E-state index in [0.29, 0.717) is 5.41 Å². The van der Waals surface area contributed by atoms with Gasteiger partial charge in [0.25, 0.3) is 0 Å². The molecule has 12 heavy (non-hydrogen) atoms. The Hall–Kier alpha value is -0.370. The van der Waals surface area contributed by atoms with Crippen molar-refractivity contribution >= 4 is 12.6 Å². The first-order chi connectivity index (χ1) is 5.47. The second-order valence-electron chi connectivity index (χ2n) is 4.43. The average Bonchev–Trinajstić information content (AvgIpc) is 2.30. The van der Waals surface area contributed by atoms with Gasteiger partial charge < -0.3 is 4.98 Å². The molecule has 0 saturated carbocycles. The fraction of sp³-hybridized carbons (Fsp3) is 0.600. The minimum absolute atomic E-state index is 0.419. The third-order valence-corrected chi connectivity index (χ3v) is 2.14. The predicted octanol–water partition coefficient (Wildman–Crippen LogP) is 3.28. The molecule has 0 radical (unpaired) electrons. The zero-order valence-electron chi connectivity index (χ0n) is 8.02. The van der Waals surface area contributed by atoms with Crippen LogP contribution in [0.25, 0.3) is 0 Å². The van der Waals surface area contributed by atoms with Crippen LogP contribution >= 0.6 is 12.6 Å². The number of thiol groups is 1. The van der Waals surface area contributed by atoms with Crippen molar-refractivity contribution in [2.75, 3.05) is 0 Å². The highest BCUT2D eigenvalue weighted by atomic mass is 32.1. The van der Waals surface area contributed by atoms with Gasteiger partial charge in [-0.1, -0.05) is 20.8 Å². The van der Waals surface area contributed by atoms with Crippen molar-refractivity contribution < 1.29 is 0 Å². The van der Waals surface area contributed by atoms with Gasteiger partial charge >= 0.3 is 0 Å². The van der Waals surface area contributed by atoms with Crippen LogP contribution in [-0.4, -0.2) is 4.98 Å². The Morgan fingerprint density at radius 2 is 2.00 bits per heavy atom. The van der Waals surface area contributed by atoms with Crippen LogP contribution in [0.1, 0.15) is 32.9 Å². The van der Waals surface area contributed by atoms with Gasteiger partial charge in [-0.3, -0.25) is 0 Å². The van der Waals surface area contributed by atoms with E-state index >= 15 is 0 Å². The third-order valence-electron chi connectivity index (χ3n) is 1.88. The Bertz CT molecular complexity index is 245. The Balaban J connectivity index is 2.44. The van der Waals surface area contributed by atoms with Gasteiger partial charge in [-0.05, 0) is 30.4 Å². The lowest BCUT2D eigenvalue weighted by Gasteiger charge is -2.16. The molecular weight excluding hydrogens is 166 g/mol. The maximum absolute atomic E-state index is 4.22. The maximum atomic E-state index is 4.22. The molecule has 0 bridgehead atoms. The quantitative estimate of drug-likeness (QED) is 0.654. The van der Waals surface area contributed by atoms with Crippen LogP contribution in [0.2, 0.25) is 0 Å². The lowest BCUT2D eigenvalue weighted by molar-refractivity contribution is 0.376. The van der Waals surface area contributed by atoms with Crippen LogP contribution in [0.3, 0.4) is 0 Å². The lowest BCUT2D eigenvalue weighted by atomic mass is 9.90. The fourth-order valence-electron chi connectivity index (χ4n) is 1.08. The predicted molar refractivity (Wildman–Crippen MR) is 55.8 cm³/mol. The van der Waals surface area contributed by atoms with Crippen LogP contribution in [0.5, 0.6) is 0 Å². The largest absolute Gasteiger partial charge is 0.354 e. The Labute approximate surface area is 80.0 Å². The molecule has 0 unspecified atom stereocenters. The molecular formula is C10H17NS. The smallest absolute Gasteiger partial charge is 0.0692 e. The number of H-pyrrole nitrogens is 1. The number of aryl methyl sites for hydroxylation is 1. The summed E-state index contributed by atoms with van der Waals surface area (Å²) in [7, 11) is 0. The molecule has 0 amide bonds. The highest BCUT2D eigenvalue weighted by Crippen LogP contribution is 2.21. The lowest BCUT2D eigenvalue weighted by Crippen LogP contribution is -2.06. The van der Waals surface area contributed by atoms with Crippen molar-refractivity contribution in [2.24, 2.45) is 5.41 Å². The molecule has 0 aliphatic rings. The highest BCUT2D eigenvalue weighted by molar-refractivity contribution is 7.80. The first-order valence-electron chi connectivity index (χ1n) is 4.34. The zero-order chi connectivity index (χ0) is 9.19. The van der Waals surface area contributed by atoms with E-state index in [1.54, 1.807) is 0 Å². The van der Waals surface area contributed by atoms with Crippen molar-refractivity contribution in [3.63, 3.8) is 0 Å². The number of aromatic amines is 1. The molecule has 0 atom stereocenters. The van der Waals surface area contributed by atoms with E-state index in [1.807, 2.05) is 6.07 Å². The summed E-state index contributed by atoms with van der Waals surface area (Å²) in [5.74, 6) is 0. The second kappa shape index (κ2) is 3.56. The summed E-state index contributed by atoms with van der Waals surface area (Å²) in [4.78, 5) is 3.21. The van der Waals surface area contributed by atoms with Gasteiger partial charge in [0.05, 0.1) is 5.03 Å². The summed E-state index contributed by atoms with van der Waals surface area (Å²) in [5.41, 5.74) is 1.71. The molecule has 0 aliphatic carbocycles. The van der Waals surface area contributed by atoms with Gasteiger partial charge in [0, 0.05) is 5.69 Å². The van der Waals surface area contributed by atoms with E-state index in [1.165, 1.54) is 12.1 Å². The van der Waals surface area contributed by atoms with Crippen LogP contribution in [0.4, 0.5) is 0 Å². The van der Waals surface area contributed by atoms with E-state index in [4.69, 9.17) is 0 Å². The highest BCUT2D eigenvalue weighted by Gasteiger charge is 2.10. The summed E-state index contributed by atoms with van der Waals surface area (Å²) in [5, 5.41) is 0.957. The normalized spacial score (nSPS) is 12.0. The molecule has 0 aromatic carbocycles. The van der Waals surface area contributed by atoms with Gasteiger partial charge in [-0.15, -0.1) is 12.6 Å². The summed E-state index contributed by atoms with van der Waals surface area (Å²) in [6, 6.07) is 4.11. The summed E-state index contributed by atoms with van der Waals surface area (Å²) in [6.07, 6.45) is 2.32. The van der Waals surface area contributed by atoms with Gasteiger partial charge in [0.2, 0.25) is 0 Å². The summed E-state index contributed by atoms with van der Waals surface area (Å²) < 4.78 is 0. The Morgan fingerprint density at radius 1 is 1.33 bits per heavy atom. The molecule has 1 aromatic rings. The van der Waals surface area contributed by atoms with E-state index in [9.17, 15) is 0 Å². The Kier molecular flexibility index (Phi) is 2.89. The first-order valence-corrected chi connectivity index (χ1v) is 4.79. The molecule has 1 aromatic heterocycles. The fourth-order valence-corrected chi connectivity index (χ4v) is 1.30. The monoisotopic (exact) mass is 183 g/mol. The molecule has 1 N–H and O–H groups in total. The van der Waals surface area contributed by atoms with Gasteiger partial charge in [-0.25, -0.2) is 0 Å². The SMILES string of the molecule is CC(C)(C)CCc1ccc(S)[nH]1. The molecule has 0 fully saturated rings. The minimum atomic E-state index is 0.419. The molecule has 2 heteroatoms. The zero-order valence-corrected chi connectivity index (χ0v) is 8.91. The number of hydrogen-bond acceptors (Lipinski definition) is 1. The first kappa shape index (κ1) is 9.72. The molecule has 0 aliphatic heterocycles. The minimum Gasteiger partial charge on any atom is -0.354 e. The topological polar surface area (TPSA) is 15.8 Å². The van der Waals surface area contributed by atoms with Crippen LogP contribution in [0, 0.1) is 5.41 Å². The van der Waals surface area contributed by atoms with Gasteiger partial charge in [-0.2, -0.15) is 0 Å². The van der Waals surface area contributed by atoms with Gasteiger partial charge in [0.15, 0.2) is 0 Å². The standard InChI is InChI=1S/C10H17NS/c1-10(2,3)7-6-8-4-5-9(12)11-8/h4-5,11-12H,6-7H2,1-3H3. The van der Waals surface area contributed by atoms with Crippen molar-refractivity contribution in [1.29, 1.82) is 0 Å². The van der Waals surface area contributed by atoms with E-state index in [-0.39, 0.29) is 0 Å². The van der Waals surface area contributed by atoms with Crippen molar-refractivity contribution in [3.05, 3.63) is 17.8 Å². The molecule has 1 rings (SSSR count). The summed E-state index contributed by atoms with van der Waals surface area (Å²) >= 11 is 4.22. The number of nitrogens with one attached hydrogen (secondary N) is 1. The molecule has 0 saturated heterocycles. The van der Waals surface area contributed by atoms with E-state index < -0.39 is 0 Å².